The molecule has 0 aromatic heterocycles. The van der Waals surface area contributed by atoms with Crippen molar-refractivity contribution in [2.24, 2.45) is 5.73 Å². The zero-order valence-corrected chi connectivity index (χ0v) is 11.7. The fraction of sp³-hybridized carbons (Fsp3) is 0.533. The third-order valence-electron chi connectivity index (χ3n) is 3.73. The molecule has 104 valence electrons. The van der Waals surface area contributed by atoms with Crippen LogP contribution >= 0.6 is 0 Å². The number of Topliss-reactive ketones (excluding diaryl/α,β-unsaturated/α-hetero) is 1. The van der Waals surface area contributed by atoms with Crippen molar-refractivity contribution < 1.29 is 9.53 Å². The predicted molar refractivity (Wildman–Crippen MR) is 75.7 cm³/mol. The summed E-state index contributed by atoms with van der Waals surface area (Å²) in [5.74, 6) is 0.966. The summed E-state index contributed by atoms with van der Waals surface area (Å²) < 4.78 is 5.16. The van der Waals surface area contributed by atoms with Crippen molar-refractivity contribution in [2.75, 3.05) is 26.7 Å². The summed E-state index contributed by atoms with van der Waals surface area (Å²) in [6.45, 7) is 4.27. The van der Waals surface area contributed by atoms with Crippen LogP contribution in [0.1, 0.15) is 28.8 Å². The lowest BCUT2D eigenvalue weighted by molar-refractivity contribution is 0.0909. The molecule has 4 nitrogen and oxygen atoms in total. The van der Waals surface area contributed by atoms with E-state index in [-0.39, 0.29) is 5.78 Å². The molecule has 0 atom stereocenters. The van der Waals surface area contributed by atoms with Gasteiger partial charge < -0.3 is 10.5 Å². The van der Waals surface area contributed by atoms with Crippen LogP contribution in [0, 0.1) is 6.92 Å². The molecule has 1 aliphatic heterocycles. The zero-order valence-electron chi connectivity index (χ0n) is 11.7. The first-order valence-corrected chi connectivity index (χ1v) is 6.76. The second kappa shape index (κ2) is 6.17. The van der Waals surface area contributed by atoms with Gasteiger partial charge in [-0.05, 0) is 43.5 Å². The van der Waals surface area contributed by atoms with Gasteiger partial charge in [-0.2, -0.15) is 0 Å². The van der Waals surface area contributed by atoms with Crippen molar-refractivity contribution in [3.8, 4) is 5.75 Å². The van der Waals surface area contributed by atoms with Gasteiger partial charge in [0.05, 0.1) is 13.7 Å². The molecule has 2 rings (SSSR count). The number of hydrogen-bond donors (Lipinski definition) is 1. The predicted octanol–water partition coefficient (Wildman–Crippen LogP) is 1.61. The first-order valence-electron chi connectivity index (χ1n) is 6.76. The maximum Gasteiger partial charge on any atom is 0.177 e. The number of methoxy groups -OCH3 is 1. The van der Waals surface area contributed by atoms with E-state index in [0.717, 1.165) is 42.8 Å². The summed E-state index contributed by atoms with van der Waals surface area (Å²) in [4.78, 5) is 14.5. The monoisotopic (exact) mass is 262 g/mol. The number of rotatable bonds is 4. The molecule has 1 aliphatic rings. The number of ether oxygens (including phenoxy) is 1. The van der Waals surface area contributed by atoms with Gasteiger partial charge in [0.15, 0.2) is 5.78 Å². The summed E-state index contributed by atoms with van der Waals surface area (Å²) in [5.41, 5.74) is 7.63. The Kier molecular flexibility index (Phi) is 4.56. The van der Waals surface area contributed by atoms with Gasteiger partial charge in [0, 0.05) is 24.7 Å². The van der Waals surface area contributed by atoms with E-state index in [1.54, 1.807) is 7.11 Å². The van der Waals surface area contributed by atoms with E-state index in [1.807, 2.05) is 25.1 Å². The lowest BCUT2D eigenvalue weighted by Crippen LogP contribution is -2.42. The molecule has 1 aromatic rings. The Morgan fingerprint density at radius 3 is 2.68 bits per heavy atom. The molecule has 0 spiro atoms. The Hall–Kier alpha value is -1.39. The summed E-state index contributed by atoms with van der Waals surface area (Å²) >= 11 is 0. The first-order chi connectivity index (χ1) is 9.10. The van der Waals surface area contributed by atoms with Crippen LogP contribution in [0.5, 0.6) is 5.75 Å². The standard InChI is InChI=1S/C15H22N2O2/c1-11-9-13(19-2)3-4-14(11)15(18)10-17-7-5-12(16)6-8-17/h3-4,9,12H,5-8,10,16H2,1-2H3. The van der Waals surface area contributed by atoms with Crippen molar-refractivity contribution >= 4 is 5.78 Å². The SMILES string of the molecule is COc1ccc(C(=O)CN2CCC(N)CC2)c(C)c1. The molecule has 0 saturated carbocycles. The number of ketones is 1. The number of hydrogen-bond acceptors (Lipinski definition) is 4. The second-order valence-electron chi connectivity index (χ2n) is 5.22. The Bertz CT molecular complexity index is 451. The van der Waals surface area contributed by atoms with E-state index in [9.17, 15) is 4.79 Å². The van der Waals surface area contributed by atoms with Crippen molar-refractivity contribution in [3.63, 3.8) is 0 Å². The van der Waals surface area contributed by atoms with Gasteiger partial charge in [-0.1, -0.05) is 0 Å². The van der Waals surface area contributed by atoms with Gasteiger partial charge in [-0.3, -0.25) is 9.69 Å². The minimum Gasteiger partial charge on any atom is -0.497 e. The number of benzene rings is 1. The fourth-order valence-corrected chi connectivity index (χ4v) is 2.48. The highest BCUT2D eigenvalue weighted by Gasteiger charge is 2.19. The van der Waals surface area contributed by atoms with E-state index in [2.05, 4.69) is 4.90 Å². The molecule has 0 radical (unpaired) electrons. The van der Waals surface area contributed by atoms with Gasteiger partial charge in [0.1, 0.15) is 5.75 Å². The molecule has 0 unspecified atom stereocenters. The number of aryl methyl sites for hydroxylation is 1. The third kappa shape index (κ3) is 3.55. The van der Waals surface area contributed by atoms with Crippen molar-refractivity contribution in [1.82, 2.24) is 4.90 Å². The Morgan fingerprint density at radius 1 is 1.42 bits per heavy atom. The topological polar surface area (TPSA) is 55.6 Å². The highest BCUT2D eigenvalue weighted by atomic mass is 16.5. The molecule has 0 bridgehead atoms. The van der Waals surface area contributed by atoms with Gasteiger partial charge in [-0.15, -0.1) is 0 Å². The second-order valence-corrected chi connectivity index (χ2v) is 5.22. The van der Waals surface area contributed by atoms with Crippen LogP contribution < -0.4 is 10.5 Å². The zero-order chi connectivity index (χ0) is 13.8. The smallest absolute Gasteiger partial charge is 0.177 e. The maximum absolute atomic E-state index is 12.3. The summed E-state index contributed by atoms with van der Waals surface area (Å²) in [5, 5.41) is 0. The van der Waals surface area contributed by atoms with Crippen LogP contribution in [-0.4, -0.2) is 43.5 Å². The van der Waals surface area contributed by atoms with Crippen molar-refractivity contribution in [1.29, 1.82) is 0 Å². The quantitative estimate of drug-likeness (QED) is 0.838. The molecular formula is C15H22N2O2. The minimum absolute atomic E-state index is 0.177. The highest BCUT2D eigenvalue weighted by molar-refractivity contribution is 5.99. The van der Waals surface area contributed by atoms with Crippen LogP contribution in [0.3, 0.4) is 0 Å². The molecule has 4 heteroatoms. The minimum atomic E-state index is 0.177. The molecule has 1 aromatic carbocycles. The number of nitrogens with two attached hydrogens (primary N) is 1. The Balaban J connectivity index is 2.00. The number of piperidine rings is 1. The summed E-state index contributed by atoms with van der Waals surface area (Å²) in [7, 11) is 1.63. The molecule has 1 fully saturated rings. The van der Waals surface area contributed by atoms with E-state index in [0.29, 0.717) is 12.6 Å². The molecule has 1 heterocycles. The Labute approximate surface area is 114 Å². The average molecular weight is 262 g/mol. The van der Waals surface area contributed by atoms with Gasteiger partial charge >= 0.3 is 0 Å². The molecule has 0 amide bonds. The van der Waals surface area contributed by atoms with E-state index in [1.165, 1.54) is 0 Å². The lowest BCUT2D eigenvalue weighted by Gasteiger charge is -2.29. The normalized spacial score (nSPS) is 17.4. The number of likely N-dealkylation sites (tertiary alicyclic amines) is 1. The number of carbonyl (C=O) groups excluding carboxylic acids is 1. The van der Waals surface area contributed by atoms with E-state index >= 15 is 0 Å². The average Bonchev–Trinajstić information content (AvgIpc) is 2.41. The molecule has 0 aliphatic carbocycles. The lowest BCUT2D eigenvalue weighted by atomic mass is 10.0. The van der Waals surface area contributed by atoms with Crippen LogP contribution in [0.4, 0.5) is 0 Å². The van der Waals surface area contributed by atoms with Crippen LogP contribution in [0.2, 0.25) is 0 Å². The van der Waals surface area contributed by atoms with Crippen LogP contribution in [0.25, 0.3) is 0 Å². The first kappa shape index (κ1) is 14.0. The van der Waals surface area contributed by atoms with Gasteiger partial charge in [0.25, 0.3) is 0 Å². The molecule has 1 saturated heterocycles. The number of nitrogens with zero attached hydrogens (tertiary/aromatic N) is 1. The van der Waals surface area contributed by atoms with Gasteiger partial charge in [-0.25, -0.2) is 0 Å². The van der Waals surface area contributed by atoms with Crippen LogP contribution in [0.15, 0.2) is 18.2 Å². The van der Waals surface area contributed by atoms with Crippen LogP contribution in [-0.2, 0) is 0 Å². The molecule has 19 heavy (non-hydrogen) atoms. The highest BCUT2D eigenvalue weighted by Crippen LogP contribution is 2.18. The van der Waals surface area contributed by atoms with E-state index in [4.69, 9.17) is 10.5 Å². The van der Waals surface area contributed by atoms with Crippen molar-refractivity contribution in [2.45, 2.75) is 25.8 Å². The van der Waals surface area contributed by atoms with E-state index < -0.39 is 0 Å². The van der Waals surface area contributed by atoms with Gasteiger partial charge in [0.2, 0.25) is 0 Å². The third-order valence-corrected chi connectivity index (χ3v) is 3.73. The summed E-state index contributed by atoms with van der Waals surface area (Å²) in [6.07, 6.45) is 1.96. The molecular weight excluding hydrogens is 240 g/mol. The fourth-order valence-electron chi connectivity index (χ4n) is 2.48. The molecule has 2 N–H and O–H groups in total. The van der Waals surface area contributed by atoms with Crippen molar-refractivity contribution in [3.05, 3.63) is 29.3 Å². The number of carbonyl (C=O) groups is 1. The maximum atomic E-state index is 12.3. The largest absolute Gasteiger partial charge is 0.497 e. The summed E-state index contributed by atoms with van der Waals surface area (Å²) in [6, 6.07) is 5.90. The Morgan fingerprint density at radius 2 is 2.11 bits per heavy atom.